The molecule has 26 heavy (non-hydrogen) atoms. The van der Waals surface area contributed by atoms with Crippen molar-refractivity contribution in [2.75, 3.05) is 49.2 Å². The van der Waals surface area contributed by atoms with Crippen LogP contribution < -0.4 is 16.0 Å². The summed E-state index contributed by atoms with van der Waals surface area (Å²) in [5, 5.41) is 7.67. The van der Waals surface area contributed by atoms with E-state index in [1.54, 1.807) is 4.68 Å². The monoisotopic (exact) mass is 349 g/mol. The Labute approximate surface area is 153 Å². The van der Waals surface area contributed by atoms with Gasteiger partial charge in [0.15, 0.2) is 0 Å². The summed E-state index contributed by atoms with van der Waals surface area (Å²) in [5.41, 5.74) is 9.06. The minimum absolute atomic E-state index is 0.354. The number of hydrogen-bond acceptors (Lipinski definition) is 6. The van der Waals surface area contributed by atoms with Gasteiger partial charge >= 0.3 is 0 Å². The van der Waals surface area contributed by atoms with Crippen LogP contribution in [0.2, 0.25) is 0 Å². The molecule has 7 heteroatoms. The Hall–Kier alpha value is -3.06. The molecule has 0 spiro atoms. The van der Waals surface area contributed by atoms with Crippen LogP contribution in [0.5, 0.6) is 0 Å². The molecule has 0 aliphatic carbocycles. The highest BCUT2D eigenvalue weighted by Gasteiger charge is 2.14. The van der Waals surface area contributed by atoms with Crippen molar-refractivity contribution in [3.05, 3.63) is 54.6 Å². The number of nitrogens with one attached hydrogen (secondary N) is 1. The highest BCUT2D eigenvalue weighted by Crippen LogP contribution is 2.22. The van der Waals surface area contributed by atoms with E-state index in [0.29, 0.717) is 11.9 Å². The van der Waals surface area contributed by atoms with Crippen molar-refractivity contribution in [2.24, 2.45) is 0 Å². The number of rotatable bonds is 4. The number of hydrogen-bond donors (Lipinski definition) is 2. The van der Waals surface area contributed by atoms with E-state index in [-0.39, 0.29) is 0 Å². The van der Waals surface area contributed by atoms with E-state index in [0.717, 1.165) is 37.6 Å². The highest BCUT2D eigenvalue weighted by molar-refractivity contribution is 5.60. The van der Waals surface area contributed by atoms with Gasteiger partial charge in [0.25, 0.3) is 0 Å². The van der Waals surface area contributed by atoms with Crippen molar-refractivity contribution < 1.29 is 0 Å². The summed E-state index contributed by atoms with van der Waals surface area (Å²) in [4.78, 5) is 9.07. The van der Waals surface area contributed by atoms with Crippen molar-refractivity contribution in [3.63, 3.8) is 0 Å². The Morgan fingerprint density at radius 2 is 1.58 bits per heavy atom. The summed E-state index contributed by atoms with van der Waals surface area (Å²) in [6, 6.07) is 18.1. The van der Waals surface area contributed by atoms with Crippen LogP contribution in [0, 0.1) is 0 Å². The molecule has 4 rings (SSSR count). The van der Waals surface area contributed by atoms with Crippen molar-refractivity contribution in [3.8, 4) is 5.69 Å². The molecule has 2 heterocycles. The molecule has 1 fully saturated rings. The number of anilines is 4. The maximum absolute atomic E-state index is 6.00. The minimum atomic E-state index is 0.354. The van der Waals surface area contributed by atoms with E-state index in [1.807, 2.05) is 42.5 Å². The third-order valence-electron chi connectivity index (χ3n) is 4.62. The molecule has 134 valence electrons. The number of para-hydroxylation sites is 1. The van der Waals surface area contributed by atoms with Gasteiger partial charge in [0, 0.05) is 37.6 Å². The van der Waals surface area contributed by atoms with Gasteiger partial charge in [0.2, 0.25) is 11.9 Å². The second-order valence-corrected chi connectivity index (χ2v) is 6.50. The molecule has 1 aliphatic rings. The molecule has 0 saturated carbocycles. The first-order valence-electron chi connectivity index (χ1n) is 8.77. The molecule has 0 amide bonds. The Balaban J connectivity index is 1.46. The Kier molecular flexibility index (Phi) is 4.45. The summed E-state index contributed by atoms with van der Waals surface area (Å²) < 4.78 is 1.63. The number of piperazine rings is 1. The zero-order chi connectivity index (χ0) is 17.9. The lowest BCUT2D eigenvalue weighted by Crippen LogP contribution is -2.44. The van der Waals surface area contributed by atoms with E-state index in [9.17, 15) is 0 Å². The number of benzene rings is 2. The predicted molar refractivity (Wildman–Crippen MR) is 105 cm³/mol. The minimum Gasteiger partial charge on any atom is -0.369 e. The molecule has 0 radical (unpaired) electrons. The number of likely N-dealkylation sites (N-methyl/N-ethyl adjacent to an activating group) is 1. The van der Waals surface area contributed by atoms with Gasteiger partial charge in [-0.3, -0.25) is 0 Å². The molecule has 3 N–H and O–H groups in total. The smallest absolute Gasteiger partial charge is 0.248 e. The summed E-state index contributed by atoms with van der Waals surface area (Å²) in [6.07, 6.45) is 0. The first kappa shape index (κ1) is 16.4. The largest absolute Gasteiger partial charge is 0.369 e. The fourth-order valence-corrected chi connectivity index (χ4v) is 3.09. The van der Waals surface area contributed by atoms with Gasteiger partial charge < -0.3 is 20.9 Å². The fourth-order valence-electron chi connectivity index (χ4n) is 3.09. The second-order valence-electron chi connectivity index (χ2n) is 6.50. The molecule has 0 atom stereocenters. The molecule has 1 saturated heterocycles. The maximum atomic E-state index is 6.00. The first-order chi connectivity index (χ1) is 12.7. The lowest BCUT2D eigenvalue weighted by Gasteiger charge is -2.34. The topological polar surface area (TPSA) is 75.2 Å². The van der Waals surface area contributed by atoms with Crippen molar-refractivity contribution >= 4 is 23.3 Å². The van der Waals surface area contributed by atoms with Crippen LogP contribution in [0.1, 0.15) is 0 Å². The number of nitrogen functional groups attached to an aromatic ring is 1. The van der Waals surface area contributed by atoms with Crippen LogP contribution in [-0.2, 0) is 0 Å². The van der Waals surface area contributed by atoms with Crippen LogP contribution in [0.3, 0.4) is 0 Å². The van der Waals surface area contributed by atoms with E-state index in [4.69, 9.17) is 5.73 Å². The Morgan fingerprint density at radius 1 is 0.885 bits per heavy atom. The molecule has 1 aliphatic heterocycles. The van der Waals surface area contributed by atoms with Gasteiger partial charge in [-0.15, -0.1) is 5.10 Å². The molecule has 0 bridgehead atoms. The van der Waals surface area contributed by atoms with Gasteiger partial charge in [0.05, 0.1) is 5.69 Å². The highest BCUT2D eigenvalue weighted by atomic mass is 15.4. The van der Waals surface area contributed by atoms with Crippen LogP contribution >= 0.6 is 0 Å². The maximum Gasteiger partial charge on any atom is 0.248 e. The van der Waals surface area contributed by atoms with Gasteiger partial charge in [-0.1, -0.05) is 18.2 Å². The van der Waals surface area contributed by atoms with Gasteiger partial charge in [-0.25, -0.2) is 0 Å². The number of aromatic nitrogens is 3. The predicted octanol–water partition coefficient (Wildman–Crippen LogP) is 2.34. The zero-order valence-corrected chi connectivity index (χ0v) is 14.8. The molecule has 0 unspecified atom stereocenters. The van der Waals surface area contributed by atoms with Gasteiger partial charge in [0.1, 0.15) is 0 Å². The lowest BCUT2D eigenvalue weighted by molar-refractivity contribution is 0.313. The van der Waals surface area contributed by atoms with E-state index >= 15 is 0 Å². The average Bonchev–Trinajstić information content (AvgIpc) is 3.04. The third-order valence-corrected chi connectivity index (χ3v) is 4.62. The van der Waals surface area contributed by atoms with Crippen LogP contribution in [0.25, 0.3) is 5.69 Å². The van der Waals surface area contributed by atoms with E-state index in [1.165, 1.54) is 5.69 Å². The van der Waals surface area contributed by atoms with E-state index in [2.05, 4.69) is 44.4 Å². The molecule has 1 aromatic heterocycles. The fraction of sp³-hybridized carbons (Fsp3) is 0.263. The van der Waals surface area contributed by atoms with Crippen LogP contribution in [0.15, 0.2) is 54.6 Å². The summed E-state index contributed by atoms with van der Waals surface area (Å²) in [7, 11) is 2.16. The molecular formula is C19H23N7. The number of nitrogens with zero attached hydrogens (tertiary/aromatic N) is 5. The summed E-state index contributed by atoms with van der Waals surface area (Å²) >= 11 is 0. The summed E-state index contributed by atoms with van der Waals surface area (Å²) in [5.74, 6) is 0.839. The van der Waals surface area contributed by atoms with Crippen molar-refractivity contribution in [2.45, 2.75) is 0 Å². The normalized spacial score (nSPS) is 15.2. The van der Waals surface area contributed by atoms with Crippen LogP contribution in [0.4, 0.5) is 23.3 Å². The first-order valence-corrected chi connectivity index (χ1v) is 8.77. The average molecular weight is 349 g/mol. The zero-order valence-electron chi connectivity index (χ0n) is 14.8. The number of nitrogens with two attached hydrogens (primary N) is 1. The summed E-state index contributed by atoms with van der Waals surface area (Å²) in [6.45, 7) is 4.31. The SMILES string of the molecule is CN1CCN(c2ccc(Nc3nc(N)n(-c4ccccc4)n3)cc2)CC1. The van der Waals surface area contributed by atoms with Crippen molar-refractivity contribution in [1.82, 2.24) is 19.7 Å². The Morgan fingerprint density at radius 3 is 2.27 bits per heavy atom. The molecule has 2 aromatic carbocycles. The van der Waals surface area contributed by atoms with E-state index < -0.39 is 0 Å². The molecule has 3 aromatic rings. The lowest BCUT2D eigenvalue weighted by atomic mass is 10.2. The van der Waals surface area contributed by atoms with Gasteiger partial charge in [-0.2, -0.15) is 9.67 Å². The second kappa shape index (κ2) is 7.05. The quantitative estimate of drug-likeness (QED) is 0.753. The van der Waals surface area contributed by atoms with Crippen LogP contribution in [-0.4, -0.2) is 52.9 Å². The van der Waals surface area contributed by atoms with Crippen molar-refractivity contribution in [1.29, 1.82) is 0 Å². The Bertz CT molecular complexity index is 849. The van der Waals surface area contributed by atoms with Gasteiger partial charge in [-0.05, 0) is 43.4 Å². The standard InChI is InChI=1S/C19H23N7/c1-24-11-13-25(14-12-24)16-9-7-15(8-10-16)21-19-22-18(20)26(23-19)17-5-3-2-4-6-17/h2-10H,11-14H2,1H3,(H3,20,21,22,23). The third kappa shape index (κ3) is 3.48. The molecular weight excluding hydrogens is 326 g/mol. The molecule has 7 nitrogen and oxygen atoms in total.